The van der Waals surface area contributed by atoms with Crippen LogP contribution in [0.2, 0.25) is 0 Å². The molecule has 0 bridgehead atoms. The minimum atomic E-state index is -3.16. The van der Waals surface area contributed by atoms with Gasteiger partial charge in [-0.25, -0.2) is 8.78 Å². The molecule has 2 amide bonds. The summed E-state index contributed by atoms with van der Waals surface area (Å²) in [5.74, 6) is -4.10. The molecule has 0 saturated carbocycles. The van der Waals surface area contributed by atoms with E-state index in [0.717, 1.165) is 5.56 Å². The molecule has 27 heavy (non-hydrogen) atoms. The van der Waals surface area contributed by atoms with Crippen LogP contribution in [0, 0.1) is 6.92 Å². The second kappa shape index (κ2) is 9.23. The number of carbonyl (C=O) groups excluding carboxylic acids is 2. The summed E-state index contributed by atoms with van der Waals surface area (Å²) in [6.07, 6.45) is -0.164. The molecule has 1 unspecified atom stereocenters. The van der Waals surface area contributed by atoms with Gasteiger partial charge in [-0.1, -0.05) is 48.0 Å². The molecule has 0 radical (unpaired) electrons. The van der Waals surface area contributed by atoms with Gasteiger partial charge in [-0.05, 0) is 24.6 Å². The third kappa shape index (κ3) is 6.45. The maximum Gasteiger partial charge on any atom is 0.277 e. The van der Waals surface area contributed by atoms with Gasteiger partial charge in [0.15, 0.2) is 0 Å². The van der Waals surface area contributed by atoms with Crippen LogP contribution < -0.4 is 16.4 Å². The van der Waals surface area contributed by atoms with Gasteiger partial charge in [0.2, 0.25) is 5.91 Å². The van der Waals surface area contributed by atoms with E-state index in [4.69, 9.17) is 5.73 Å². The third-order valence-corrected chi connectivity index (χ3v) is 4.05. The van der Waals surface area contributed by atoms with Crippen molar-refractivity contribution in [1.82, 2.24) is 10.6 Å². The smallest absolute Gasteiger partial charge is 0.277 e. The highest BCUT2D eigenvalue weighted by atomic mass is 19.3. The lowest BCUT2D eigenvalue weighted by atomic mass is 10.0. The van der Waals surface area contributed by atoms with Gasteiger partial charge in [-0.2, -0.15) is 0 Å². The number of nitrogens with two attached hydrogens (primary N) is 1. The van der Waals surface area contributed by atoms with E-state index >= 15 is 0 Å². The van der Waals surface area contributed by atoms with Gasteiger partial charge in [0.25, 0.3) is 11.8 Å². The molecule has 0 heterocycles. The number of carbonyl (C=O) groups is 2. The molecule has 1 atom stereocenters. The van der Waals surface area contributed by atoms with Crippen molar-refractivity contribution in [2.75, 3.05) is 13.1 Å². The number of amides is 2. The monoisotopic (exact) mass is 375 g/mol. The van der Waals surface area contributed by atoms with E-state index in [-0.39, 0.29) is 12.3 Å². The Labute approximate surface area is 157 Å². The van der Waals surface area contributed by atoms with Crippen LogP contribution in [0.4, 0.5) is 8.78 Å². The van der Waals surface area contributed by atoms with E-state index in [0.29, 0.717) is 11.1 Å². The summed E-state index contributed by atoms with van der Waals surface area (Å²) in [6, 6.07) is 15.3. The van der Waals surface area contributed by atoms with Crippen LogP contribution in [-0.4, -0.2) is 30.8 Å². The zero-order chi connectivity index (χ0) is 19.9. The quantitative estimate of drug-likeness (QED) is 0.663. The second-order valence-electron chi connectivity index (χ2n) is 6.34. The largest absolute Gasteiger partial charge is 0.350 e. The molecule has 0 fully saturated rings. The minimum absolute atomic E-state index is 0.164. The van der Waals surface area contributed by atoms with E-state index in [1.54, 1.807) is 36.4 Å². The Bertz CT molecular complexity index is 765. The molecule has 0 spiro atoms. The summed E-state index contributed by atoms with van der Waals surface area (Å²) in [5.41, 5.74) is 7.15. The Morgan fingerprint density at radius 1 is 1.07 bits per heavy atom. The molecule has 5 nitrogen and oxygen atoms in total. The summed E-state index contributed by atoms with van der Waals surface area (Å²) >= 11 is 0. The van der Waals surface area contributed by atoms with Crippen LogP contribution in [-0.2, 0) is 4.79 Å². The summed E-state index contributed by atoms with van der Waals surface area (Å²) in [7, 11) is 0. The van der Waals surface area contributed by atoms with Crippen LogP contribution in [0.25, 0.3) is 0 Å². The maximum atomic E-state index is 13.2. The lowest BCUT2D eigenvalue weighted by Gasteiger charge is -2.20. The molecule has 2 rings (SSSR count). The first kappa shape index (κ1) is 20.5. The molecule has 0 saturated heterocycles. The number of hydrogen-bond acceptors (Lipinski definition) is 3. The van der Waals surface area contributed by atoms with Crippen LogP contribution >= 0.6 is 0 Å². The Morgan fingerprint density at radius 3 is 2.30 bits per heavy atom. The molecule has 2 aromatic carbocycles. The molecule has 0 aliphatic heterocycles. The van der Waals surface area contributed by atoms with Crippen molar-refractivity contribution >= 4 is 11.8 Å². The molecule has 0 aromatic heterocycles. The molecule has 144 valence electrons. The first-order valence-electron chi connectivity index (χ1n) is 8.58. The van der Waals surface area contributed by atoms with Gasteiger partial charge in [0.1, 0.15) is 0 Å². The van der Waals surface area contributed by atoms with E-state index in [2.05, 4.69) is 10.6 Å². The van der Waals surface area contributed by atoms with Crippen LogP contribution in [0.15, 0.2) is 54.6 Å². The summed E-state index contributed by atoms with van der Waals surface area (Å²) < 4.78 is 26.5. The molecular weight excluding hydrogens is 352 g/mol. The van der Waals surface area contributed by atoms with Crippen molar-refractivity contribution in [2.24, 2.45) is 5.73 Å². The predicted octanol–water partition coefficient (Wildman–Crippen LogP) is 2.57. The van der Waals surface area contributed by atoms with Gasteiger partial charge >= 0.3 is 0 Å². The highest BCUT2D eigenvalue weighted by Crippen LogP contribution is 2.18. The van der Waals surface area contributed by atoms with E-state index in [1.165, 1.54) is 0 Å². The normalized spacial score (nSPS) is 12.3. The van der Waals surface area contributed by atoms with Crippen LogP contribution in [0.3, 0.4) is 0 Å². The molecule has 2 aromatic rings. The Balaban J connectivity index is 2.09. The number of hydrogen-bond donors (Lipinski definition) is 3. The van der Waals surface area contributed by atoms with Crippen LogP contribution in [0.1, 0.15) is 33.9 Å². The van der Waals surface area contributed by atoms with Crippen molar-refractivity contribution in [3.63, 3.8) is 0 Å². The molecule has 0 aliphatic rings. The van der Waals surface area contributed by atoms with Gasteiger partial charge in [-0.3, -0.25) is 9.59 Å². The Kier molecular flexibility index (Phi) is 7.01. The van der Waals surface area contributed by atoms with Crippen molar-refractivity contribution in [3.05, 3.63) is 71.3 Å². The number of rotatable bonds is 8. The standard InChI is InChI=1S/C20H23F2N3O2/c1-14-7-9-16(10-8-14)19(27)25-17(15-5-3-2-4-6-15)11-18(26)24-13-20(21,22)12-23/h2-10,17H,11-13,23H2,1H3,(H,24,26)(H,25,27). The van der Waals surface area contributed by atoms with Gasteiger partial charge in [0.05, 0.1) is 25.6 Å². The highest BCUT2D eigenvalue weighted by Gasteiger charge is 2.28. The molecular formula is C20H23F2N3O2. The van der Waals surface area contributed by atoms with Crippen molar-refractivity contribution in [1.29, 1.82) is 0 Å². The maximum absolute atomic E-state index is 13.2. The first-order chi connectivity index (χ1) is 12.8. The summed E-state index contributed by atoms with van der Waals surface area (Å²) in [6.45, 7) is 0.227. The van der Waals surface area contributed by atoms with E-state index < -0.39 is 31.0 Å². The summed E-state index contributed by atoms with van der Waals surface area (Å²) in [5, 5.41) is 4.97. The third-order valence-electron chi connectivity index (χ3n) is 4.05. The topological polar surface area (TPSA) is 84.2 Å². The minimum Gasteiger partial charge on any atom is -0.350 e. The second-order valence-corrected chi connectivity index (χ2v) is 6.34. The average Bonchev–Trinajstić information content (AvgIpc) is 2.67. The number of aryl methyl sites for hydroxylation is 1. The van der Waals surface area contributed by atoms with Gasteiger partial charge < -0.3 is 16.4 Å². The van der Waals surface area contributed by atoms with Gasteiger partial charge in [-0.15, -0.1) is 0 Å². The number of nitrogens with one attached hydrogen (secondary N) is 2. The fraction of sp³-hybridized carbons (Fsp3) is 0.300. The number of benzene rings is 2. The fourth-order valence-corrected chi connectivity index (χ4v) is 2.44. The van der Waals surface area contributed by atoms with Crippen LogP contribution in [0.5, 0.6) is 0 Å². The number of alkyl halides is 2. The Morgan fingerprint density at radius 2 is 1.70 bits per heavy atom. The zero-order valence-corrected chi connectivity index (χ0v) is 15.0. The fourth-order valence-electron chi connectivity index (χ4n) is 2.44. The number of halogens is 2. The first-order valence-corrected chi connectivity index (χ1v) is 8.58. The lowest BCUT2D eigenvalue weighted by molar-refractivity contribution is -0.123. The molecule has 4 N–H and O–H groups in total. The van der Waals surface area contributed by atoms with Crippen molar-refractivity contribution < 1.29 is 18.4 Å². The summed E-state index contributed by atoms with van der Waals surface area (Å²) in [4.78, 5) is 24.6. The predicted molar refractivity (Wildman–Crippen MR) is 99.5 cm³/mol. The van der Waals surface area contributed by atoms with Gasteiger partial charge in [0, 0.05) is 5.56 Å². The van der Waals surface area contributed by atoms with E-state index in [1.807, 2.05) is 25.1 Å². The highest BCUT2D eigenvalue weighted by molar-refractivity contribution is 5.94. The van der Waals surface area contributed by atoms with Crippen molar-refractivity contribution in [3.8, 4) is 0 Å². The molecule has 7 heteroatoms. The zero-order valence-electron chi connectivity index (χ0n) is 15.0. The molecule has 0 aliphatic carbocycles. The lowest BCUT2D eigenvalue weighted by Crippen LogP contribution is -2.42. The Hall–Kier alpha value is -2.80. The van der Waals surface area contributed by atoms with Crippen molar-refractivity contribution in [2.45, 2.75) is 25.3 Å². The SMILES string of the molecule is Cc1ccc(C(=O)NC(CC(=O)NCC(F)(F)CN)c2ccccc2)cc1. The average molecular weight is 375 g/mol. The van der Waals surface area contributed by atoms with E-state index in [9.17, 15) is 18.4 Å².